The Balaban J connectivity index is 2.33. The summed E-state index contributed by atoms with van der Waals surface area (Å²) in [6.07, 6.45) is 3.40. The maximum atomic E-state index is 12.8. The zero-order valence-electron chi connectivity index (χ0n) is 9.81. The van der Waals surface area contributed by atoms with Gasteiger partial charge in [0.25, 0.3) is 0 Å². The van der Waals surface area contributed by atoms with Gasteiger partial charge in [-0.15, -0.1) is 0 Å². The highest BCUT2D eigenvalue weighted by atomic mass is 19.1. The Bertz CT molecular complexity index is 498. The minimum Gasteiger partial charge on any atom is -0.319 e. The highest BCUT2D eigenvalue weighted by Gasteiger charge is 2.17. The van der Waals surface area contributed by atoms with Crippen molar-refractivity contribution < 1.29 is 4.39 Å². The van der Waals surface area contributed by atoms with Crippen LogP contribution in [-0.2, 0) is 5.54 Å². The second kappa shape index (κ2) is 4.22. The minimum absolute atomic E-state index is 0.255. The topological polar surface area (TPSA) is 51.8 Å². The Morgan fingerprint density at radius 3 is 2.00 bits per heavy atom. The lowest BCUT2D eigenvalue weighted by atomic mass is 10.1. The molecule has 0 unspecified atom stereocenters. The van der Waals surface area contributed by atoms with Crippen molar-refractivity contribution in [2.24, 2.45) is 5.73 Å². The van der Waals surface area contributed by atoms with Crippen molar-refractivity contribution in [2.75, 3.05) is 0 Å². The lowest BCUT2D eigenvalue weighted by Gasteiger charge is -2.16. The Hall–Kier alpha value is -1.81. The van der Waals surface area contributed by atoms with Gasteiger partial charge in [0.1, 0.15) is 11.6 Å². The van der Waals surface area contributed by atoms with Crippen molar-refractivity contribution in [3.63, 3.8) is 0 Å². The predicted octanol–water partition coefficient (Wildman–Crippen LogP) is 2.48. The van der Waals surface area contributed by atoms with Gasteiger partial charge in [-0.2, -0.15) is 0 Å². The van der Waals surface area contributed by atoms with Crippen LogP contribution in [0.2, 0.25) is 0 Å². The number of aromatic nitrogens is 2. The molecule has 0 aliphatic carbocycles. The molecular formula is C13H14FN3. The average Bonchev–Trinajstić information content (AvgIpc) is 2.29. The molecule has 2 aromatic rings. The highest BCUT2D eigenvalue weighted by Crippen LogP contribution is 2.19. The molecule has 17 heavy (non-hydrogen) atoms. The number of hydrogen-bond acceptors (Lipinski definition) is 3. The summed E-state index contributed by atoms with van der Waals surface area (Å²) in [5.74, 6) is 0.331. The molecule has 0 spiro atoms. The van der Waals surface area contributed by atoms with Crippen LogP contribution in [0.3, 0.4) is 0 Å². The summed E-state index contributed by atoms with van der Waals surface area (Å²) in [5.41, 5.74) is 7.06. The van der Waals surface area contributed by atoms with Gasteiger partial charge in [0.05, 0.1) is 5.54 Å². The van der Waals surface area contributed by atoms with Gasteiger partial charge in [0.2, 0.25) is 0 Å². The van der Waals surface area contributed by atoms with Crippen molar-refractivity contribution in [3.8, 4) is 11.1 Å². The van der Waals surface area contributed by atoms with Gasteiger partial charge < -0.3 is 5.73 Å². The third kappa shape index (κ3) is 2.65. The van der Waals surface area contributed by atoms with Crippen molar-refractivity contribution in [3.05, 3.63) is 48.3 Å². The quantitative estimate of drug-likeness (QED) is 0.863. The molecule has 1 aromatic heterocycles. The fourth-order valence-electron chi connectivity index (χ4n) is 1.45. The van der Waals surface area contributed by atoms with Crippen LogP contribution in [0.25, 0.3) is 11.1 Å². The van der Waals surface area contributed by atoms with Gasteiger partial charge >= 0.3 is 0 Å². The first-order valence-corrected chi connectivity index (χ1v) is 5.34. The summed E-state index contributed by atoms with van der Waals surface area (Å²) in [7, 11) is 0. The molecule has 2 rings (SSSR count). The Morgan fingerprint density at radius 2 is 1.53 bits per heavy atom. The van der Waals surface area contributed by atoms with Crippen molar-refractivity contribution in [1.29, 1.82) is 0 Å². The van der Waals surface area contributed by atoms with Crippen LogP contribution in [0, 0.1) is 5.82 Å². The second-order valence-corrected chi connectivity index (χ2v) is 4.52. The Morgan fingerprint density at radius 1 is 1.00 bits per heavy atom. The lowest BCUT2D eigenvalue weighted by molar-refractivity contribution is 0.514. The van der Waals surface area contributed by atoms with Crippen LogP contribution in [0.15, 0.2) is 36.7 Å². The summed E-state index contributed by atoms with van der Waals surface area (Å²) in [4.78, 5) is 8.44. The molecule has 1 heterocycles. The van der Waals surface area contributed by atoms with Gasteiger partial charge in [0, 0.05) is 18.0 Å². The molecule has 4 heteroatoms. The van der Waals surface area contributed by atoms with E-state index < -0.39 is 5.54 Å². The first kappa shape index (κ1) is 11.7. The fourth-order valence-corrected chi connectivity index (χ4v) is 1.45. The van der Waals surface area contributed by atoms with Crippen LogP contribution < -0.4 is 5.73 Å². The Labute approximate surface area is 99.5 Å². The molecule has 1 aromatic carbocycles. The van der Waals surface area contributed by atoms with E-state index in [1.165, 1.54) is 12.1 Å². The van der Waals surface area contributed by atoms with E-state index in [1.807, 2.05) is 13.8 Å². The molecule has 3 nitrogen and oxygen atoms in total. The summed E-state index contributed by atoms with van der Waals surface area (Å²) in [5, 5.41) is 0. The zero-order valence-corrected chi connectivity index (χ0v) is 9.81. The summed E-state index contributed by atoms with van der Waals surface area (Å²) in [6.45, 7) is 3.69. The predicted molar refractivity (Wildman–Crippen MR) is 64.6 cm³/mol. The normalized spacial score (nSPS) is 11.5. The standard InChI is InChI=1S/C13H14FN3/c1-13(2,15)12-16-7-10(8-17-12)9-3-5-11(14)6-4-9/h3-8H,15H2,1-2H3. The molecule has 0 bridgehead atoms. The van der Waals surface area contributed by atoms with E-state index in [2.05, 4.69) is 9.97 Å². The van der Waals surface area contributed by atoms with Crippen LogP contribution in [0.4, 0.5) is 4.39 Å². The molecule has 2 N–H and O–H groups in total. The number of nitrogens with zero attached hydrogens (tertiary/aromatic N) is 2. The van der Waals surface area contributed by atoms with E-state index in [0.29, 0.717) is 5.82 Å². The molecule has 0 fully saturated rings. The molecule has 0 amide bonds. The molecule has 88 valence electrons. The smallest absolute Gasteiger partial charge is 0.147 e. The molecule has 0 aliphatic heterocycles. The summed E-state index contributed by atoms with van der Waals surface area (Å²) in [6, 6.07) is 6.22. The Kier molecular flexibility index (Phi) is 2.90. The first-order valence-electron chi connectivity index (χ1n) is 5.34. The van der Waals surface area contributed by atoms with Crippen LogP contribution in [-0.4, -0.2) is 9.97 Å². The van der Waals surface area contributed by atoms with E-state index in [4.69, 9.17) is 5.73 Å². The van der Waals surface area contributed by atoms with Gasteiger partial charge in [-0.05, 0) is 31.5 Å². The van der Waals surface area contributed by atoms with Crippen LogP contribution >= 0.6 is 0 Å². The molecule has 0 saturated heterocycles. The molecule has 0 aliphatic rings. The van der Waals surface area contributed by atoms with Gasteiger partial charge in [-0.25, -0.2) is 14.4 Å². The largest absolute Gasteiger partial charge is 0.319 e. The lowest BCUT2D eigenvalue weighted by Crippen LogP contribution is -2.31. The highest BCUT2D eigenvalue weighted by molar-refractivity contribution is 5.61. The summed E-state index contributed by atoms with van der Waals surface area (Å²) < 4.78 is 12.8. The zero-order chi connectivity index (χ0) is 12.5. The maximum Gasteiger partial charge on any atom is 0.147 e. The third-order valence-electron chi connectivity index (χ3n) is 2.41. The van der Waals surface area contributed by atoms with E-state index >= 15 is 0 Å². The van der Waals surface area contributed by atoms with Gasteiger partial charge in [-0.3, -0.25) is 0 Å². The monoisotopic (exact) mass is 231 g/mol. The third-order valence-corrected chi connectivity index (χ3v) is 2.41. The maximum absolute atomic E-state index is 12.8. The fraction of sp³-hybridized carbons (Fsp3) is 0.231. The first-order chi connectivity index (χ1) is 7.97. The van der Waals surface area contributed by atoms with E-state index in [-0.39, 0.29) is 5.82 Å². The van der Waals surface area contributed by atoms with Crippen molar-refractivity contribution in [2.45, 2.75) is 19.4 Å². The van der Waals surface area contributed by atoms with Crippen LogP contribution in [0.5, 0.6) is 0 Å². The number of hydrogen-bond donors (Lipinski definition) is 1. The van der Waals surface area contributed by atoms with Gasteiger partial charge in [-0.1, -0.05) is 12.1 Å². The number of nitrogens with two attached hydrogens (primary N) is 1. The number of halogens is 1. The average molecular weight is 231 g/mol. The van der Waals surface area contributed by atoms with Gasteiger partial charge in [0.15, 0.2) is 0 Å². The summed E-state index contributed by atoms with van der Waals surface area (Å²) >= 11 is 0. The molecule has 0 saturated carbocycles. The molecule has 0 radical (unpaired) electrons. The van der Waals surface area contributed by atoms with E-state index in [1.54, 1.807) is 24.5 Å². The number of benzene rings is 1. The SMILES string of the molecule is CC(C)(N)c1ncc(-c2ccc(F)cc2)cn1. The minimum atomic E-state index is -0.554. The van der Waals surface area contributed by atoms with E-state index in [0.717, 1.165) is 11.1 Å². The van der Waals surface area contributed by atoms with Crippen LogP contribution in [0.1, 0.15) is 19.7 Å². The number of rotatable bonds is 2. The van der Waals surface area contributed by atoms with Crippen molar-refractivity contribution >= 4 is 0 Å². The van der Waals surface area contributed by atoms with E-state index in [9.17, 15) is 4.39 Å². The second-order valence-electron chi connectivity index (χ2n) is 4.52. The van der Waals surface area contributed by atoms with Crippen molar-refractivity contribution in [1.82, 2.24) is 9.97 Å². The molecule has 0 atom stereocenters. The molecular weight excluding hydrogens is 217 g/mol.